The number of benzene rings is 1. The monoisotopic (exact) mass is 246 g/mol. The molecule has 3 rings (SSSR count). The third-order valence-corrected chi connectivity index (χ3v) is 3.62. The van der Waals surface area contributed by atoms with Crippen LogP contribution in [-0.4, -0.2) is 31.2 Å². The van der Waals surface area contributed by atoms with E-state index in [2.05, 4.69) is 16.7 Å². The zero-order chi connectivity index (χ0) is 12.4. The molecule has 2 aliphatic rings. The number of amides is 1. The van der Waals surface area contributed by atoms with Crippen molar-refractivity contribution in [3.63, 3.8) is 0 Å². The zero-order valence-electron chi connectivity index (χ0n) is 10.3. The van der Waals surface area contributed by atoms with Crippen molar-refractivity contribution in [3.8, 4) is 0 Å². The highest BCUT2D eigenvalue weighted by Gasteiger charge is 2.27. The maximum absolute atomic E-state index is 12.0. The molecule has 0 radical (unpaired) electrons. The van der Waals surface area contributed by atoms with Gasteiger partial charge in [-0.2, -0.15) is 0 Å². The van der Waals surface area contributed by atoms with Crippen LogP contribution in [0.3, 0.4) is 0 Å². The molecule has 18 heavy (non-hydrogen) atoms. The van der Waals surface area contributed by atoms with Crippen molar-refractivity contribution in [1.29, 1.82) is 0 Å². The molecule has 0 aliphatic carbocycles. The number of rotatable bonds is 3. The number of hydrogen-bond donors (Lipinski definition) is 2. The Balaban J connectivity index is 1.52. The maximum Gasteiger partial charge on any atom is 0.242 e. The first-order valence-electron chi connectivity index (χ1n) is 6.57. The van der Waals surface area contributed by atoms with Gasteiger partial charge in [-0.05, 0) is 24.5 Å². The Kier molecular flexibility index (Phi) is 3.19. The lowest BCUT2D eigenvalue weighted by Gasteiger charge is -2.14. The molecule has 1 amide bonds. The Morgan fingerprint density at radius 2 is 2.33 bits per heavy atom. The molecule has 96 valence electrons. The molecule has 4 nitrogen and oxygen atoms in total. The fourth-order valence-electron chi connectivity index (χ4n) is 2.60. The van der Waals surface area contributed by atoms with Gasteiger partial charge in [-0.1, -0.05) is 18.2 Å². The first kappa shape index (κ1) is 11.5. The lowest BCUT2D eigenvalue weighted by atomic mass is 10.1. The van der Waals surface area contributed by atoms with E-state index < -0.39 is 0 Å². The van der Waals surface area contributed by atoms with Crippen LogP contribution in [0.25, 0.3) is 0 Å². The lowest BCUT2D eigenvalue weighted by molar-refractivity contribution is -0.122. The van der Waals surface area contributed by atoms with Gasteiger partial charge in [0.05, 0.1) is 6.10 Å². The minimum atomic E-state index is -0.135. The van der Waals surface area contributed by atoms with Crippen molar-refractivity contribution in [2.75, 3.05) is 18.5 Å². The number of carbonyl (C=O) groups excluding carboxylic acids is 1. The molecule has 2 aliphatic heterocycles. The molecule has 2 N–H and O–H groups in total. The van der Waals surface area contributed by atoms with E-state index in [1.54, 1.807) is 0 Å². The summed E-state index contributed by atoms with van der Waals surface area (Å²) in [6.07, 6.45) is 3.14. The number of ether oxygens (including phenoxy) is 1. The second kappa shape index (κ2) is 4.98. The Hall–Kier alpha value is -1.55. The van der Waals surface area contributed by atoms with Crippen molar-refractivity contribution < 1.29 is 9.53 Å². The molecule has 0 bridgehead atoms. The van der Waals surface area contributed by atoms with Crippen LogP contribution < -0.4 is 10.6 Å². The lowest BCUT2D eigenvalue weighted by Crippen LogP contribution is -2.41. The van der Waals surface area contributed by atoms with Crippen molar-refractivity contribution in [3.05, 3.63) is 29.8 Å². The highest BCUT2D eigenvalue weighted by atomic mass is 16.5. The summed E-state index contributed by atoms with van der Waals surface area (Å²) < 4.78 is 5.49. The molecular weight excluding hydrogens is 228 g/mol. The van der Waals surface area contributed by atoms with Gasteiger partial charge in [-0.15, -0.1) is 0 Å². The van der Waals surface area contributed by atoms with Crippen LogP contribution in [0.5, 0.6) is 0 Å². The van der Waals surface area contributed by atoms with Crippen molar-refractivity contribution in [2.45, 2.75) is 31.4 Å². The van der Waals surface area contributed by atoms with Gasteiger partial charge in [-0.25, -0.2) is 0 Å². The molecular formula is C14H18N2O2. The van der Waals surface area contributed by atoms with Gasteiger partial charge in [0.25, 0.3) is 0 Å². The molecule has 2 heterocycles. The van der Waals surface area contributed by atoms with Gasteiger partial charge in [0, 0.05) is 25.3 Å². The molecule has 0 spiro atoms. The van der Waals surface area contributed by atoms with Crippen LogP contribution in [0.4, 0.5) is 5.69 Å². The van der Waals surface area contributed by atoms with E-state index in [-0.39, 0.29) is 18.1 Å². The normalized spacial score (nSPS) is 25.6. The second-order valence-corrected chi connectivity index (χ2v) is 4.94. The van der Waals surface area contributed by atoms with Crippen LogP contribution in [-0.2, 0) is 16.0 Å². The molecule has 1 fully saturated rings. The Labute approximate surface area is 107 Å². The van der Waals surface area contributed by atoms with Crippen LogP contribution in [0.2, 0.25) is 0 Å². The number of nitrogens with one attached hydrogen (secondary N) is 2. The topological polar surface area (TPSA) is 50.4 Å². The third-order valence-electron chi connectivity index (χ3n) is 3.62. The van der Waals surface area contributed by atoms with Gasteiger partial charge in [0.1, 0.15) is 6.04 Å². The van der Waals surface area contributed by atoms with E-state index >= 15 is 0 Å². The highest BCUT2D eigenvalue weighted by molar-refractivity contribution is 5.87. The van der Waals surface area contributed by atoms with E-state index in [0.29, 0.717) is 6.54 Å². The van der Waals surface area contributed by atoms with Crippen LogP contribution in [0.15, 0.2) is 24.3 Å². The first-order chi connectivity index (χ1) is 8.83. The van der Waals surface area contributed by atoms with Gasteiger partial charge < -0.3 is 15.4 Å². The van der Waals surface area contributed by atoms with Crippen molar-refractivity contribution in [1.82, 2.24) is 5.32 Å². The molecule has 0 saturated carbocycles. The van der Waals surface area contributed by atoms with Gasteiger partial charge in [0.15, 0.2) is 0 Å². The minimum absolute atomic E-state index is 0.0710. The smallest absolute Gasteiger partial charge is 0.242 e. The average molecular weight is 246 g/mol. The number of para-hydroxylation sites is 1. The van der Waals surface area contributed by atoms with E-state index in [4.69, 9.17) is 4.74 Å². The second-order valence-electron chi connectivity index (χ2n) is 4.94. The minimum Gasteiger partial charge on any atom is -0.376 e. The van der Waals surface area contributed by atoms with Gasteiger partial charge >= 0.3 is 0 Å². The Morgan fingerprint density at radius 3 is 3.11 bits per heavy atom. The molecule has 1 aromatic rings. The van der Waals surface area contributed by atoms with Crippen LogP contribution in [0, 0.1) is 0 Å². The Morgan fingerprint density at radius 1 is 1.44 bits per heavy atom. The molecule has 4 heteroatoms. The van der Waals surface area contributed by atoms with E-state index in [1.165, 1.54) is 5.56 Å². The summed E-state index contributed by atoms with van der Waals surface area (Å²) in [5.41, 5.74) is 2.30. The maximum atomic E-state index is 12.0. The Bertz CT molecular complexity index is 416. The molecule has 1 aromatic carbocycles. The van der Waals surface area contributed by atoms with E-state index in [9.17, 15) is 4.79 Å². The predicted octanol–water partition coefficient (Wildman–Crippen LogP) is 1.32. The van der Waals surface area contributed by atoms with Crippen LogP contribution >= 0.6 is 0 Å². The summed E-state index contributed by atoms with van der Waals surface area (Å²) >= 11 is 0. The first-order valence-corrected chi connectivity index (χ1v) is 6.57. The molecule has 0 aromatic heterocycles. The summed E-state index contributed by atoms with van der Waals surface area (Å²) in [5, 5.41) is 6.23. The number of anilines is 1. The SMILES string of the molecule is O=C(NCC1CCCO1)C1Cc2ccccc2N1. The fraction of sp³-hybridized carbons (Fsp3) is 0.500. The summed E-state index contributed by atoms with van der Waals surface area (Å²) in [6.45, 7) is 1.46. The fourth-order valence-corrected chi connectivity index (χ4v) is 2.60. The number of fused-ring (bicyclic) bond motifs is 1. The van der Waals surface area contributed by atoms with Gasteiger partial charge in [0.2, 0.25) is 5.91 Å². The third kappa shape index (κ3) is 2.34. The van der Waals surface area contributed by atoms with Crippen molar-refractivity contribution in [2.24, 2.45) is 0 Å². The highest BCUT2D eigenvalue weighted by Crippen LogP contribution is 2.25. The largest absolute Gasteiger partial charge is 0.376 e. The van der Waals surface area contributed by atoms with Gasteiger partial charge in [-0.3, -0.25) is 4.79 Å². The quantitative estimate of drug-likeness (QED) is 0.845. The standard InChI is InChI=1S/C14H18N2O2/c17-14(15-9-11-5-3-7-18-11)13-8-10-4-1-2-6-12(10)16-13/h1-2,4,6,11,13,16H,3,5,7-9H2,(H,15,17). The molecule has 1 saturated heterocycles. The summed E-state index contributed by atoms with van der Waals surface area (Å²) in [4.78, 5) is 12.0. The van der Waals surface area contributed by atoms with E-state index in [0.717, 1.165) is 31.6 Å². The van der Waals surface area contributed by atoms with Crippen molar-refractivity contribution >= 4 is 11.6 Å². The number of hydrogen-bond acceptors (Lipinski definition) is 3. The summed E-state index contributed by atoms with van der Waals surface area (Å²) in [6, 6.07) is 7.94. The molecule has 2 atom stereocenters. The van der Waals surface area contributed by atoms with Crippen LogP contribution in [0.1, 0.15) is 18.4 Å². The predicted molar refractivity (Wildman–Crippen MR) is 69.5 cm³/mol. The number of carbonyl (C=O) groups is 1. The average Bonchev–Trinajstić information content (AvgIpc) is 3.04. The molecule has 2 unspecified atom stereocenters. The summed E-state index contributed by atoms with van der Waals surface area (Å²) in [7, 11) is 0. The van der Waals surface area contributed by atoms with E-state index in [1.807, 2.05) is 18.2 Å². The zero-order valence-corrected chi connectivity index (χ0v) is 10.3. The summed E-state index contributed by atoms with van der Waals surface area (Å²) in [5.74, 6) is 0.0710.